The first kappa shape index (κ1) is 13.8. The van der Waals surface area contributed by atoms with Crippen LogP contribution in [0.4, 0.5) is 11.4 Å². The van der Waals surface area contributed by atoms with Crippen LogP contribution in [-0.2, 0) is 0 Å². The number of nitrogens with zero attached hydrogens (tertiary/aromatic N) is 1. The molecule has 1 aromatic carbocycles. The largest absolute Gasteiger partial charge is 0.398 e. The van der Waals surface area contributed by atoms with Crippen LogP contribution in [0.15, 0.2) is 34.8 Å². The molecule has 0 fully saturated rings. The summed E-state index contributed by atoms with van der Waals surface area (Å²) in [5, 5.41) is 3.17. The van der Waals surface area contributed by atoms with E-state index in [4.69, 9.17) is 17.3 Å². The Bertz CT molecular complexity index is 646. The van der Waals surface area contributed by atoms with E-state index in [9.17, 15) is 4.79 Å². The predicted molar refractivity (Wildman–Crippen MR) is 80.5 cm³/mol. The van der Waals surface area contributed by atoms with E-state index >= 15 is 0 Å². The highest BCUT2D eigenvalue weighted by Crippen LogP contribution is 2.22. The number of amides is 1. The lowest BCUT2D eigenvalue weighted by molar-refractivity contribution is 0.102. The summed E-state index contributed by atoms with van der Waals surface area (Å²) in [5.74, 6) is -0.229. The Hall–Kier alpha value is -1.59. The standard InChI is InChI=1S/C13H11BrClN3O/c1-7-11(4-5-12(15)17-7)18-13(19)8-2-3-10(16)9(14)6-8/h2-6H,16H2,1H3,(H,18,19). The number of aryl methyl sites for hydroxylation is 1. The number of carbonyl (C=O) groups excluding carboxylic acids is 1. The number of halogens is 2. The molecule has 0 aliphatic carbocycles. The van der Waals surface area contributed by atoms with Crippen molar-refractivity contribution in [2.45, 2.75) is 6.92 Å². The summed E-state index contributed by atoms with van der Waals surface area (Å²) >= 11 is 9.05. The fraction of sp³-hybridized carbons (Fsp3) is 0.0769. The third-order valence-electron chi connectivity index (χ3n) is 2.56. The summed E-state index contributed by atoms with van der Waals surface area (Å²) < 4.78 is 0.686. The van der Waals surface area contributed by atoms with Crippen molar-refractivity contribution >= 4 is 44.8 Å². The van der Waals surface area contributed by atoms with Gasteiger partial charge in [0.05, 0.1) is 11.4 Å². The second-order valence-electron chi connectivity index (χ2n) is 3.96. The summed E-state index contributed by atoms with van der Waals surface area (Å²) in [7, 11) is 0. The normalized spacial score (nSPS) is 10.3. The van der Waals surface area contributed by atoms with Crippen LogP contribution in [-0.4, -0.2) is 10.9 Å². The summed E-state index contributed by atoms with van der Waals surface area (Å²) in [4.78, 5) is 16.2. The van der Waals surface area contributed by atoms with Crippen molar-refractivity contribution in [2.24, 2.45) is 0 Å². The minimum absolute atomic E-state index is 0.229. The molecule has 98 valence electrons. The molecule has 2 rings (SSSR count). The van der Waals surface area contributed by atoms with E-state index in [1.54, 1.807) is 37.3 Å². The zero-order valence-electron chi connectivity index (χ0n) is 10.1. The minimum atomic E-state index is -0.229. The fourth-order valence-corrected chi connectivity index (χ4v) is 2.09. The van der Waals surface area contributed by atoms with E-state index < -0.39 is 0 Å². The Kier molecular flexibility index (Phi) is 4.07. The zero-order chi connectivity index (χ0) is 14.0. The van der Waals surface area contributed by atoms with Crippen molar-refractivity contribution in [3.8, 4) is 0 Å². The molecule has 1 amide bonds. The number of rotatable bonds is 2. The molecule has 1 heterocycles. The highest BCUT2D eigenvalue weighted by atomic mass is 79.9. The topological polar surface area (TPSA) is 68.0 Å². The SMILES string of the molecule is Cc1nc(Cl)ccc1NC(=O)c1ccc(N)c(Br)c1. The monoisotopic (exact) mass is 339 g/mol. The van der Waals surface area contributed by atoms with Crippen molar-refractivity contribution in [1.82, 2.24) is 4.98 Å². The average molecular weight is 341 g/mol. The quantitative estimate of drug-likeness (QED) is 0.648. The van der Waals surface area contributed by atoms with Gasteiger partial charge in [-0.1, -0.05) is 11.6 Å². The van der Waals surface area contributed by atoms with Crippen molar-refractivity contribution < 1.29 is 4.79 Å². The van der Waals surface area contributed by atoms with Crippen LogP contribution in [0.3, 0.4) is 0 Å². The molecule has 0 bridgehead atoms. The molecule has 0 atom stereocenters. The molecule has 0 aliphatic heterocycles. The fourth-order valence-electron chi connectivity index (χ4n) is 1.53. The molecule has 0 spiro atoms. The number of nitrogen functional groups attached to an aromatic ring is 1. The van der Waals surface area contributed by atoms with Crippen molar-refractivity contribution in [3.05, 3.63) is 51.2 Å². The second kappa shape index (κ2) is 5.59. The van der Waals surface area contributed by atoms with Gasteiger partial charge in [0.25, 0.3) is 5.91 Å². The van der Waals surface area contributed by atoms with Crippen molar-refractivity contribution in [2.75, 3.05) is 11.1 Å². The Morgan fingerprint density at radius 3 is 2.74 bits per heavy atom. The van der Waals surface area contributed by atoms with Crippen LogP contribution >= 0.6 is 27.5 Å². The molecule has 4 nitrogen and oxygen atoms in total. The van der Waals surface area contributed by atoms with Gasteiger partial charge in [-0.15, -0.1) is 0 Å². The van der Waals surface area contributed by atoms with Gasteiger partial charge in [-0.3, -0.25) is 4.79 Å². The van der Waals surface area contributed by atoms with Crippen LogP contribution in [0, 0.1) is 6.92 Å². The first-order valence-electron chi connectivity index (χ1n) is 5.47. The van der Waals surface area contributed by atoms with E-state index in [1.165, 1.54) is 0 Å². The number of benzene rings is 1. The van der Waals surface area contributed by atoms with Crippen LogP contribution in [0.2, 0.25) is 5.15 Å². The van der Waals surface area contributed by atoms with E-state index in [-0.39, 0.29) is 5.91 Å². The third kappa shape index (κ3) is 3.24. The number of hydrogen-bond acceptors (Lipinski definition) is 3. The summed E-state index contributed by atoms with van der Waals surface area (Å²) in [6, 6.07) is 8.35. The molecular formula is C13H11BrClN3O. The van der Waals surface area contributed by atoms with E-state index in [0.717, 1.165) is 0 Å². The first-order valence-corrected chi connectivity index (χ1v) is 6.64. The van der Waals surface area contributed by atoms with Gasteiger partial charge < -0.3 is 11.1 Å². The highest BCUT2D eigenvalue weighted by Gasteiger charge is 2.10. The average Bonchev–Trinajstić information content (AvgIpc) is 2.36. The summed E-state index contributed by atoms with van der Waals surface area (Å²) in [5.41, 5.74) is 8.06. The molecule has 0 aliphatic rings. The molecule has 0 radical (unpaired) electrons. The van der Waals surface area contributed by atoms with Gasteiger partial charge in [0, 0.05) is 15.7 Å². The number of nitrogens with one attached hydrogen (secondary N) is 1. The zero-order valence-corrected chi connectivity index (χ0v) is 12.4. The number of hydrogen-bond donors (Lipinski definition) is 2. The van der Waals surface area contributed by atoms with Crippen LogP contribution < -0.4 is 11.1 Å². The maximum absolute atomic E-state index is 12.1. The molecule has 0 saturated carbocycles. The Morgan fingerprint density at radius 1 is 1.37 bits per heavy atom. The number of anilines is 2. The smallest absolute Gasteiger partial charge is 0.255 e. The Balaban J connectivity index is 2.23. The lowest BCUT2D eigenvalue weighted by atomic mass is 10.2. The lowest BCUT2D eigenvalue weighted by Gasteiger charge is -2.08. The Morgan fingerprint density at radius 2 is 2.11 bits per heavy atom. The lowest BCUT2D eigenvalue weighted by Crippen LogP contribution is -2.13. The van der Waals surface area contributed by atoms with Gasteiger partial charge in [-0.05, 0) is 53.2 Å². The van der Waals surface area contributed by atoms with Gasteiger partial charge in [0.2, 0.25) is 0 Å². The maximum Gasteiger partial charge on any atom is 0.255 e. The van der Waals surface area contributed by atoms with Crippen LogP contribution in [0.5, 0.6) is 0 Å². The van der Waals surface area contributed by atoms with Gasteiger partial charge in [-0.25, -0.2) is 4.98 Å². The van der Waals surface area contributed by atoms with Crippen molar-refractivity contribution in [1.29, 1.82) is 0 Å². The van der Waals surface area contributed by atoms with E-state index in [2.05, 4.69) is 26.2 Å². The van der Waals surface area contributed by atoms with E-state index in [1.807, 2.05) is 0 Å². The molecule has 19 heavy (non-hydrogen) atoms. The molecule has 0 unspecified atom stereocenters. The first-order chi connectivity index (χ1) is 8.97. The Labute approximate surface area is 124 Å². The summed E-state index contributed by atoms with van der Waals surface area (Å²) in [6.07, 6.45) is 0. The number of nitrogens with two attached hydrogens (primary N) is 1. The molecule has 1 aromatic heterocycles. The van der Waals surface area contributed by atoms with Gasteiger partial charge >= 0.3 is 0 Å². The highest BCUT2D eigenvalue weighted by molar-refractivity contribution is 9.10. The summed E-state index contributed by atoms with van der Waals surface area (Å²) in [6.45, 7) is 1.78. The minimum Gasteiger partial charge on any atom is -0.398 e. The molecule has 6 heteroatoms. The van der Waals surface area contributed by atoms with Crippen LogP contribution in [0.1, 0.15) is 16.1 Å². The molecular weight excluding hydrogens is 330 g/mol. The van der Waals surface area contributed by atoms with Crippen molar-refractivity contribution in [3.63, 3.8) is 0 Å². The number of aromatic nitrogens is 1. The molecule has 3 N–H and O–H groups in total. The van der Waals surface area contributed by atoms with Gasteiger partial charge in [0.15, 0.2) is 0 Å². The maximum atomic E-state index is 12.1. The van der Waals surface area contributed by atoms with Gasteiger partial charge in [-0.2, -0.15) is 0 Å². The molecule has 2 aromatic rings. The van der Waals surface area contributed by atoms with Gasteiger partial charge in [0.1, 0.15) is 5.15 Å². The van der Waals surface area contributed by atoms with E-state index in [0.29, 0.717) is 32.3 Å². The third-order valence-corrected chi connectivity index (χ3v) is 3.46. The second-order valence-corrected chi connectivity index (χ2v) is 5.20. The predicted octanol–water partition coefficient (Wildman–Crippen LogP) is 3.64. The van der Waals surface area contributed by atoms with Crippen LogP contribution in [0.25, 0.3) is 0 Å². The number of carbonyl (C=O) groups is 1. The molecule has 0 saturated heterocycles. The number of pyridine rings is 1.